The van der Waals surface area contributed by atoms with Crippen molar-refractivity contribution >= 4 is 5.91 Å². The van der Waals surface area contributed by atoms with Crippen molar-refractivity contribution in [1.82, 2.24) is 9.47 Å². The van der Waals surface area contributed by atoms with Crippen molar-refractivity contribution in [2.24, 2.45) is 5.73 Å². The van der Waals surface area contributed by atoms with Gasteiger partial charge in [0.2, 0.25) is 0 Å². The summed E-state index contributed by atoms with van der Waals surface area (Å²) in [7, 11) is 5.83. The van der Waals surface area contributed by atoms with Gasteiger partial charge < -0.3 is 19.9 Å². The monoisotopic (exact) mass is 385 g/mol. The van der Waals surface area contributed by atoms with Gasteiger partial charge in [-0.15, -0.1) is 0 Å². The summed E-state index contributed by atoms with van der Waals surface area (Å²) in [5, 5.41) is 0. The van der Waals surface area contributed by atoms with Gasteiger partial charge in [0.1, 0.15) is 5.75 Å². The largest absolute Gasteiger partial charge is 0.497 e. The Kier molecular flexibility index (Phi) is 8.12. The second-order valence-corrected chi connectivity index (χ2v) is 7.64. The van der Waals surface area contributed by atoms with Crippen LogP contribution in [0.4, 0.5) is 0 Å². The number of rotatable bonds is 11. The summed E-state index contributed by atoms with van der Waals surface area (Å²) in [6.07, 6.45) is 5.43. The number of ether oxygens (including phenoxy) is 1. The number of carbonyl (C=O) groups excluding carboxylic acids is 1. The van der Waals surface area contributed by atoms with E-state index in [0.717, 1.165) is 54.9 Å². The van der Waals surface area contributed by atoms with Gasteiger partial charge in [-0.1, -0.05) is 31.9 Å². The molecule has 0 bridgehead atoms. The molecule has 1 heterocycles. The Labute approximate surface area is 169 Å². The maximum atomic E-state index is 12.4. The van der Waals surface area contributed by atoms with Gasteiger partial charge in [-0.3, -0.25) is 4.79 Å². The van der Waals surface area contributed by atoms with Crippen molar-refractivity contribution in [1.29, 1.82) is 0 Å². The standard InChI is InChI=1S/C23H35N3O2/c1-6-7-8-10-20-22(18-11-13-19(28-5)14-12-18)21(23(24)27)17(2)26(20)16-9-15-25(3)4/h11-14H,6-10,15-16H2,1-5H3,(H2,24,27). The Hall–Kier alpha value is -2.27. The lowest BCUT2D eigenvalue weighted by Crippen LogP contribution is -2.17. The van der Waals surface area contributed by atoms with Crippen molar-refractivity contribution in [2.75, 3.05) is 27.7 Å². The zero-order valence-corrected chi connectivity index (χ0v) is 18.0. The Balaban J connectivity index is 2.55. The zero-order valence-electron chi connectivity index (χ0n) is 18.0. The lowest BCUT2D eigenvalue weighted by atomic mass is 9.97. The van der Waals surface area contributed by atoms with Crippen molar-refractivity contribution in [3.63, 3.8) is 0 Å². The van der Waals surface area contributed by atoms with Gasteiger partial charge in [-0.2, -0.15) is 0 Å². The molecule has 0 aliphatic carbocycles. The first-order chi connectivity index (χ1) is 13.4. The normalized spacial score (nSPS) is 11.2. The van der Waals surface area contributed by atoms with Gasteiger partial charge in [-0.25, -0.2) is 0 Å². The van der Waals surface area contributed by atoms with Crippen LogP contribution in [0, 0.1) is 6.92 Å². The van der Waals surface area contributed by atoms with E-state index >= 15 is 0 Å². The second kappa shape index (κ2) is 10.3. The first kappa shape index (κ1) is 22.0. The summed E-state index contributed by atoms with van der Waals surface area (Å²) >= 11 is 0. The Morgan fingerprint density at radius 1 is 1.14 bits per heavy atom. The molecule has 2 N–H and O–H groups in total. The summed E-state index contributed by atoms with van der Waals surface area (Å²) in [4.78, 5) is 14.6. The summed E-state index contributed by atoms with van der Waals surface area (Å²) in [5.74, 6) is 0.450. The fourth-order valence-corrected chi connectivity index (χ4v) is 3.82. The molecule has 1 aromatic heterocycles. The van der Waals surface area contributed by atoms with Crippen LogP contribution in [0.2, 0.25) is 0 Å². The molecule has 0 fully saturated rings. The van der Waals surface area contributed by atoms with Crippen LogP contribution in [0.5, 0.6) is 5.75 Å². The number of primary amides is 1. The number of unbranched alkanes of at least 4 members (excludes halogenated alkanes) is 2. The molecule has 1 amide bonds. The molecular formula is C23H35N3O2. The average Bonchev–Trinajstić information content (AvgIpc) is 2.94. The maximum absolute atomic E-state index is 12.4. The molecule has 0 aliphatic rings. The van der Waals surface area contributed by atoms with E-state index in [4.69, 9.17) is 10.5 Å². The molecule has 0 saturated carbocycles. The van der Waals surface area contributed by atoms with E-state index in [9.17, 15) is 4.79 Å². The van der Waals surface area contributed by atoms with Gasteiger partial charge in [0.15, 0.2) is 0 Å². The topological polar surface area (TPSA) is 60.5 Å². The van der Waals surface area contributed by atoms with E-state index < -0.39 is 0 Å². The molecule has 2 aromatic rings. The average molecular weight is 386 g/mol. The highest BCUT2D eigenvalue weighted by molar-refractivity contribution is 6.02. The van der Waals surface area contributed by atoms with E-state index in [1.807, 2.05) is 31.2 Å². The van der Waals surface area contributed by atoms with Crippen LogP contribution in [0.25, 0.3) is 11.1 Å². The molecule has 28 heavy (non-hydrogen) atoms. The number of amides is 1. The fraction of sp³-hybridized carbons (Fsp3) is 0.522. The van der Waals surface area contributed by atoms with Gasteiger partial charge in [-0.05, 0) is 64.5 Å². The molecule has 2 rings (SSSR count). The third kappa shape index (κ3) is 5.16. The molecule has 0 spiro atoms. The van der Waals surface area contributed by atoms with E-state index in [1.54, 1.807) is 7.11 Å². The molecule has 5 heteroatoms. The van der Waals surface area contributed by atoms with Crippen LogP contribution in [0.3, 0.4) is 0 Å². The molecular weight excluding hydrogens is 350 g/mol. The van der Waals surface area contributed by atoms with Crippen molar-refractivity contribution in [2.45, 2.75) is 52.5 Å². The Morgan fingerprint density at radius 3 is 2.36 bits per heavy atom. The van der Waals surface area contributed by atoms with Crippen LogP contribution in [0.1, 0.15) is 54.4 Å². The van der Waals surface area contributed by atoms with Crippen LogP contribution in [0.15, 0.2) is 24.3 Å². The van der Waals surface area contributed by atoms with Crippen LogP contribution in [-0.2, 0) is 13.0 Å². The lowest BCUT2D eigenvalue weighted by Gasteiger charge is -2.15. The smallest absolute Gasteiger partial charge is 0.251 e. The summed E-state index contributed by atoms with van der Waals surface area (Å²) in [6.45, 7) is 6.13. The third-order valence-electron chi connectivity index (χ3n) is 5.26. The number of benzene rings is 1. The number of hydrogen-bond donors (Lipinski definition) is 1. The Morgan fingerprint density at radius 2 is 1.82 bits per heavy atom. The maximum Gasteiger partial charge on any atom is 0.251 e. The SMILES string of the molecule is CCCCCc1c(-c2ccc(OC)cc2)c(C(N)=O)c(C)n1CCCN(C)C. The minimum absolute atomic E-state index is 0.355. The molecule has 0 aliphatic heterocycles. The molecule has 0 radical (unpaired) electrons. The van der Waals surface area contributed by atoms with Crippen molar-refractivity contribution in [3.8, 4) is 16.9 Å². The molecule has 154 valence electrons. The van der Waals surface area contributed by atoms with Gasteiger partial charge in [0.05, 0.1) is 12.7 Å². The second-order valence-electron chi connectivity index (χ2n) is 7.64. The van der Waals surface area contributed by atoms with Crippen molar-refractivity contribution in [3.05, 3.63) is 41.2 Å². The van der Waals surface area contributed by atoms with Crippen molar-refractivity contribution < 1.29 is 9.53 Å². The molecule has 0 atom stereocenters. The predicted molar refractivity (Wildman–Crippen MR) is 116 cm³/mol. The molecule has 0 unspecified atom stereocenters. The quantitative estimate of drug-likeness (QED) is 0.588. The van der Waals surface area contributed by atoms with E-state index in [1.165, 1.54) is 18.5 Å². The Bertz CT molecular complexity index is 776. The minimum Gasteiger partial charge on any atom is -0.497 e. The number of hydrogen-bond acceptors (Lipinski definition) is 3. The van der Waals surface area contributed by atoms with Gasteiger partial charge in [0.25, 0.3) is 5.91 Å². The highest BCUT2D eigenvalue weighted by Gasteiger charge is 2.24. The molecule has 0 saturated heterocycles. The lowest BCUT2D eigenvalue weighted by molar-refractivity contribution is 0.1000. The van der Waals surface area contributed by atoms with E-state index in [2.05, 4.69) is 30.5 Å². The summed E-state index contributed by atoms with van der Waals surface area (Å²) in [5.41, 5.74) is 10.7. The number of nitrogens with two attached hydrogens (primary N) is 1. The minimum atomic E-state index is -0.355. The molecule has 1 aromatic carbocycles. The van der Waals surface area contributed by atoms with Gasteiger partial charge in [0, 0.05) is 23.5 Å². The van der Waals surface area contributed by atoms with Crippen LogP contribution in [-0.4, -0.2) is 43.1 Å². The van der Waals surface area contributed by atoms with E-state index in [0.29, 0.717) is 5.56 Å². The fourth-order valence-electron chi connectivity index (χ4n) is 3.82. The van der Waals surface area contributed by atoms with Gasteiger partial charge >= 0.3 is 0 Å². The zero-order chi connectivity index (χ0) is 20.7. The first-order valence-corrected chi connectivity index (χ1v) is 10.2. The third-order valence-corrected chi connectivity index (χ3v) is 5.26. The number of aromatic nitrogens is 1. The van der Waals surface area contributed by atoms with Crippen LogP contribution < -0.4 is 10.5 Å². The molecule has 5 nitrogen and oxygen atoms in total. The number of carbonyl (C=O) groups is 1. The highest BCUT2D eigenvalue weighted by Crippen LogP contribution is 2.35. The first-order valence-electron chi connectivity index (χ1n) is 10.2. The van der Waals surface area contributed by atoms with Crippen LogP contribution >= 0.6 is 0 Å². The predicted octanol–water partition coefficient (Wildman–Crippen LogP) is 4.26. The number of nitrogens with zero attached hydrogens (tertiary/aromatic N) is 2. The highest BCUT2D eigenvalue weighted by atomic mass is 16.5. The summed E-state index contributed by atoms with van der Waals surface area (Å²) < 4.78 is 7.61. The van der Waals surface area contributed by atoms with E-state index in [-0.39, 0.29) is 5.91 Å². The number of methoxy groups -OCH3 is 1. The summed E-state index contributed by atoms with van der Waals surface area (Å²) in [6, 6.07) is 7.92.